The van der Waals surface area contributed by atoms with Gasteiger partial charge in [-0.25, -0.2) is 0 Å². The summed E-state index contributed by atoms with van der Waals surface area (Å²) in [6, 6.07) is 1.60. The third kappa shape index (κ3) is 1.59. The molecule has 14 heavy (non-hydrogen) atoms. The molecule has 2 heterocycles. The summed E-state index contributed by atoms with van der Waals surface area (Å²) in [5, 5.41) is 0. The fraction of sp³-hybridized carbons (Fsp3) is 1.00. The molecule has 0 radical (unpaired) electrons. The van der Waals surface area contributed by atoms with E-state index >= 15 is 0 Å². The summed E-state index contributed by atoms with van der Waals surface area (Å²) in [5.41, 5.74) is 6.20. The van der Waals surface area contributed by atoms with E-state index in [0.29, 0.717) is 5.54 Å². The molecule has 2 aliphatic rings. The van der Waals surface area contributed by atoms with Crippen LogP contribution in [0.2, 0.25) is 0 Å². The molecule has 2 saturated heterocycles. The Balaban J connectivity index is 2.19. The second kappa shape index (κ2) is 3.49. The largest absolute Gasteiger partial charge is 0.330 e. The van der Waals surface area contributed by atoms with Crippen molar-refractivity contribution in [2.24, 2.45) is 11.7 Å². The van der Waals surface area contributed by atoms with Crippen molar-refractivity contribution in [3.05, 3.63) is 0 Å². The van der Waals surface area contributed by atoms with Crippen LogP contribution in [0.5, 0.6) is 0 Å². The molecule has 0 spiro atoms. The molecule has 3 unspecified atom stereocenters. The molecular formula is C12H24N2. The fourth-order valence-electron chi connectivity index (χ4n) is 3.61. The Hall–Kier alpha value is -0.0800. The summed E-state index contributed by atoms with van der Waals surface area (Å²) in [6.45, 7) is 7.92. The fourth-order valence-corrected chi connectivity index (χ4v) is 3.61. The first-order valence-corrected chi connectivity index (χ1v) is 6.02. The Labute approximate surface area is 87.8 Å². The van der Waals surface area contributed by atoms with Crippen molar-refractivity contribution >= 4 is 0 Å². The number of hydrogen-bond donors (Lipinski definition) is 1. The molecule has 2 aliphatic heterocycles. The van der Waals surface area contributed by atoms with Crippen molar-refractivity contribution in [2.45, 2.75) is 64.1 Å². The third-order valence-electron chi connectivity index (χ3n) is 3.98. The van der Waals surface area contributed by atoms with E-state index in [1.807, 2.05) is 0 Å². The zero-order chi connectivity index (χ0) is 10.3. The molecule has 2 N–H and O–H groups in total. The lowest BCUT2D eigenvalue weighted by molar-refractivity contribution is 0.0367. The number of piperidine rings is 1. The Kier molecular flexibility index (Phi) is 2.61. The Morgan fingerprint density at radius 2 is 2.00 bits per heavy atom. The lowest BCUT2D eigenvalue weighted by Crippen LogP contribution is -2.52. The standard InChI is InChI=1S/C12H24N2/c1-12(2,3)14-10-5-4-6-11(14)9(7-10)8-13/h9-11H,4-8,13H2,1-3H3. The summed E-state index contributed by atoms with van der Waals surface area (Å²) >= 11 is 0. The highest BCUT2D eigenvalue weighted by Crippen LogP contribution is 2.43. The molecule has 2 rings (SSSR count). The molecule has 82 valence electrons. The van der Waals surface area contributed by atoms with Crippen molar-refractivity contribution in [1.82, 2.24) is 4.90 Å². The molecule has 0 aromatic rings. The van der Waals surface area contributed by atoms with Crippen molar-refractivity contribution in [1.29, 1.82) is 0 Å². The zero-order valence-corrected chi connectivity index (χ0v) is 9.79. The minimum atomic E-state index is 0.333. The van der Waals surface area contributed by atoms with Gasteiger partial charge < -0.3 is 5.73 Å². The molecule has 0 aromatic heterocycles. The van der Waals surface area contributed by atoms with Gasteiger partial charge in [-0.2, -0.15) is 0 Å². The van der Waals surface area contributed by atoms with E-state index in [-0.39, 0.29) is 0 Å². The van der Waals surface area contributed by atoms with Crippen LogP contribution >= 0.6 is 0 Å². The molecule has 2 bridgehead atoms. The van der Waals surface area contributed by atoms with Crippen molar-refractivity contribution in [3.63, 3.8) is 0 Å². The zero-order valence-electron chi connectivity index (χ0n) is 9.79. The van der Waals surface area contributed by atoms with Crippen molar-refractivity contribution < 1.29 is 0 Å². The predicted molar refractivity (Wildman–Crippen MR) is 60.2 cm³/mol. The lowest BCUT2D eigenvalue weighted by atomic mass is 9.93. The molecule has 2 heteroatoms. The van der Waals surface area contributed by atoms with Gasteiger partial charge in [-0.1, -0.05) is 6.42 Å². The van der Waals surface area contributed by atoms with Crippen LogP contribution in [0.25, 0.3) is 0 Å². The lowest BCUT2D eigenvalue weighted by Gasteiger charge is -2.45. The van der Waals surface area contributed by atoms with Crippen LogP contribution in [-0.4, -0.2) is 29.1 Å². The third-order valence-corrected chi connectivity index (χ3v) is 3.98. The van der Waals surface area contributed by atoms with E-state index in [9.17, 15) is 0 Å². The number of fused-ring (bicyclic) bond motifs is 2. The predicted octanol–water partition coefficient (Wildman–Crippen LogP) is 1.99. The van der Waals surface area contributed by atoms with Gasteiger partial charge in [0.1, 0.15) is 0 Å². The highest BCUT2D eigenvalue weighted by atomic mass is 15.3. The van der Waals surface area contributed by atoms with Crippen LogP contribution in [-0.2, 0) is 0 Å². The van der Waals surface area contributed by atoms with Gasteiger partial charge in [-0.3, -0.25) is 4.90 Å². The SMILES string of the molecule is CC(C)(C)N1C2CCCC1C(CN)C2. The quantitative estimate of drug-likeness (QED) is 0.695. The number of nitrogens with zero attached hydrogens (tertiary/aromatic N) is 1. The molecule has 2 fully saturated rings. The minimum Gasteiger partial charge on any atom is -0.330 e. The Morgan fingerprint density at radius 3 is 2.50 bits per heavy atom. The topological polar surface area (TPSA) is 29.3 Å². The monoisotopic (exact) mass is 196 g/mol. The van der Waals surface area contributed by atoms with Gasteiger partial charge in [0.05, 0.1) is 0 Å². The van der Waals surface area contributed by atoms with Crippen LogP contribution in [0.1, 0.15) is 46.5 Å². The maximum atomic E-state index is 5.87. The molecule has 0 amide bonds. The second-order valence-electron chi connectivity index (χ2n) is 5.96. The highest BCUT2D eigenvalue weighted by molar-refractivity contribution is 5.02. The summed E-state index contributed by atoms with van der Waals surface area (Å²) in [5.74, 6) is 0.765. The molecule has 0 saturated carbocycles. The van der Waals surface area contributed by atoms with Gasteiger partial charge in [-0.05, 0) is 52.5 Å². The van der Waals surface area contributed by atoms with Gasteiger partial charge in [0.2, 0.25) is 0 Å². The average molecular weight is 196 g/mol. The molecule has 0 aromatic carbocycles. The Morgan fingerprint density at radius 1 is 1.29 bits per heavy atom. The highest BCUT2D eigenvalue weighted by Gasteiger charge is 2.46. The van der Waals surface area contributed by atoms with Gasteiger partial charge in [0.15, 0.2) is 0 Å². The van der Waals surface area contributed by atoms with Gasteiger partial charge >= 0.3 is 0 Å². The molecule has 3 atom stereocenters. The van der Waals surface area contributed by atoms with Crippen LogP contribution in [0.3, 0.4) is 0 Å². The normalized spacial score (nSPS) is 39.0. The smallest absolute Gasteiger partial charge is 0.0144 e. The first-order chi connectivity index (χ1) is 6.54. The first-order valence-electron chi connectivity index (χ1n) is 6.02. The van der Waals surface area contributed by atoms with E-state index in [2.05, 4.69) is 25.7 Å². The van der Waals surface area contributed by atoms with Gasteiger partial charge in [0.25, 0.3) is 0 Å². The van der Waals surface area contributed by atoms with Gasteiger partial charge in [-0.15, -0.1) is 0 Å². The summed E-state index contributed by atoms with van der Waals surface area (Å²) in [7, 11) is 0. The van der Waals surface area contributed by atoms with E-state index in [0.717, 1.165) is 24.5 Å². The molecule has 0 aliphatic carbocycles. The average Bonchev–Trinajstić information content (AvgIpc) is 2.33. The summed E-state index contributed by atoms with van der Waals surface area (Å²) in [6.07, 6.45) is 5.52. The summed E-state index contributed by atoms with van der Waals surface area (Å²) < 4.78 is 0. The molecule has 2 nitrogen and oxygen atoms in total. The van der Waals surface area contributed by atoms with E-state index in [1.54, 1.807) is 0 Å². The van der Waals surface area contributed by atoms with Gasteiger partial charge in [0, 0.05) is 17.6 Å². The summed E-state index contributed by atoms with van der Waals surface area (Å²) in [4.78, 5) is 2.74. The minimum absolute atomic E-state index is 0.333. The van der Waals surface area contributed by atoms with Crippen LogP contribution < -0.4 is 5.73 Å². The number of hydrogen-bond acceptors (Lipinski definition) is 2. The maximum absolute atomic E-state index is 5.87. The van der Waals surface area contributed by atoms with Crippen LogP contribution in [0, 0.1) is 5.92 Å². The van der Waals surface area contributed by atoms with E-state index in [4.69, 9.17) is 5.73 Å². The first kappa shape index (κ1) is 10.4. The Bertz CT molecular complexity index is 207. The van der Waals surface area contributed by atoms with Crippen LogP contribution in [0.4, 0.5) is 0 Å². The van der Waals surface area contributed by atoms with Crippen molar-refractivity contribution in [2.75, 3.05) is 6.54 Å². The molecular weight excluding hydrogens is 172 g/mol. The second-order valence-corrected chi connectivity index (χ2v) is 5.96. The van der Waals surface area contributed by atoms with Crippen LogP contribution in [0.15, 0.2) is 0 Å². The number of rotatable bonds is 1. The number of nitrogens with two attached hydrogens (primary N) is 1. The van der Waals surface area contributed by atoms with E-state index < -0.39 is 0 Å². The van der Waals surface area contributed by atoms with E-state index in [1.165, 1.54) is 25.7 Å². The maximum Gasteiger partial charge on any atom is 0.0144 e. The van der Waals surface area contributed by atoms with Crippen molar-refractivity contribution in [3.8, 4) is 0 Å².